The molecular weight excluding hydrogens is 305 g/mol. The molecule has 0 spiro atoms. The maximum atomic E-state index is 13.8. The summed E-state index contributed by atoms with van der Waals surface area (Å²) in [6.45, 7) is 3.01. The molecule has 1 aromatic carbocycles. The number of aromatic hydroxyl groups is 1. The normalized spacial score (nSPS) is 15.9. The van der Waals surface area contributed by atoms with Crippen molar-refractivity contribution in [2.75, 3.05) is 4.90 Å². The Kier molecular flexibility index (Phi) is 2.98. The van der Waals surface area contributed by atoms with Crippen LogP contribution in [0.15, 0.2) is 27.8 Å². The Morgan fingerprint density at radius 1 is 1.17 bits per heavy atom. The number of phenols is 1. The van der Waals surface area contributed by atoms with Gasteiger partial charge in [0.25, 0.3) is 11.8 Å². The van der Waals surface area contributed by atoms with E-state index < -0.39 is 17.6 Å². The molecule has 94 valence electrons. The van der Waals surface area contributed by atoms with E-state index in [1.54, 1.807) is 0 Å². The predicted molar refractivity (Wildman–Crippen MR) is 66.6 cm³/mol. The van der Waals surface area contributed by atoms with Crippen molar-refractivity contribution in [2.45, 2.75) is 13.8 Å². The Balaban J connectivity index is 2.56. The molecule has 0 atom stereocenters. The number of nitrogens with zero attached hydrogens (tertiary/aromatic N) is 1. The summed E-state index contributed by atoms with van der Waals surface area (Å²) < 4.78 is 13.9. The molecule has 0 aromatic heterocycles. The van der Waals surface area contributed by atoms with Crippen molar-refractivity contribution in [3.8, 4) is 5.75 Å². The van der Waals surface area contributed by atoms with Crippen molar-refractivity contribution in [3.05, 3.63) is 33.6 Å². The van der Waals surface area contributed by atoms with Crippen molar-refractivity contribution in [3.63, 3.8) is 0 Å². The van der Waals surface area contributed by atoms with Gasteiger partial charge >= 0.3 is 0 Å². The molecule has 2 amide bonds. The van der Waals surface area contributed by atoms with E-state index in [0.29, 0.717) is 0 Å². The minimum atomic E-state index is -0.760. The lowest BCUT2D eigenvalue weighted by Gasteiger charge is -2.16. The number of benzene rings is 1. The van der Waals surface area contributed by atoms with E-state index in [1.807, 2.05) is 0 Å². The Hall–Kier alpha value is -1.69. The molecule has 0 fully saturated rings. The fraction of sp³-hybridized carbons (Fsp3) is 0.167. The summed E-state index contributed by atoms with van der Waals surface area (Å²) in [6, 6.07) is 2.05. The van der Waals surface area contributed by atoms with Crippen molar-refractivity contribution >= 4 is 33.4 Å². The summed E-state index contributed by atoms with van der Waals surface area (Å²) in [6.07, 6.45) is 0. The number of carbonyl (C=O) groups is 2. The molecule has 4 nitrogen and oxygen atoms in total. The first kappa shape index (κ1) is 12.8. The first-order valence-corrected chi connectivity index (χ1v) is 5.88. The predicted octanol–water partition coefficient (Wildman–Crippen LogP) is 2.50. The smallest absolute Gasteiger partial charge is 0.261 e. The first-order valence-electron chi connectivity index (χ1n) is 5.09. The van der Waals surface area contributed by atoms with Gasteiger partial charge in [-0.15, -0.1) is 0 Å². The number of halogens is 2. The standard InChI is InChI=1S/C12H9BrFNO3/c1-5-6(2)12(18)15(11(5)17)9-4-10(16)7(13)3-8(9)14/h3-4,16H,1-2H3. The van der Waals surface area contributed by atoms with Crippen molar-refractivity contribution in [2.24, 2.45) is 0 Å². The number of carbonyl (C=O) groups excluding carboxylic acids is 2. The van der Waals surface area contributed by atoms with Gasteiger partial charge in [-0.05, 0) is 35.8 Å². The number of hydrogen-bond donors (Lipinski definition) is 1. The summed E-state index contributed by atoms with van der Waals surface area (Å²) in [5.74, 6) is -2.14. The Morgan fingerprint density at radius 2 is 1.67 bits per heavy atom. The average molecular weight is 314 g/mol. The van der Waals surface area contributed by atoms with Gasteiger partial charge in [0.05, 0.1) is 10.2 Å². The molecule has 0 radical (unpaired) electrons. The van der Waals surface area contributed by atoms with E-state index in [4.69, 9.17) is 0 Å². The topological polar surface area (TPSA) is 57.6 Å². The number of hydrogen-bond acceptors (Lipinski definition) is 3. The lowest BCUT2D eigenvalue weighted by atomic mass is 10.2. The van der Waals surface area contributed by atoms with Crippen LogP contribution in [0.3, 0.4) is 0 Å². The molecule has 1 N–H and O–H groups in total. The zero-order valence-electron chi connectivity index (χ0n) is 9.62. The molecule has 1 aliphatic heterocycles. The Morgan fingerprint density at radius 3 is 2.17 bits per heavy atom. The second kappa shape index (κ2) is 4.20. The quantitative estimate of drug-likeness (QED) is 0.810. The van der Waals surface area contributed by atoms with Gasteiger partial charge in [0, 0.05) is 17.2 Å². The lowest BCUT2D eigenvalue weighted by Crippen LogP contribution is -2.32. The highest BCUT2D eigenvalue weighted by Gasteiger charge is 2.36. The minimum Gasteiger partial charge on any atom is -0.507 e. The number of imide groups is 1. The van der Waals surface area contributed by atoms with Crippen LogP contribution in [-0.2, 0) is 9.59 Å². The third kappa shape index (κ3) is 1.73. The van der Waals surface area contributed by atoms with Gasteiger partial charge in [-0.25, -0.2) is 9.29 Å². The molecule has 0 unspecified atom stereocenters. The monoisotopic (exact) mass is 313 g/mol. The van der Waals surface area contributed by atoms with E-state index in [2.05, 4.69) is 15.9 Å². The third-order valence-corrected chi connectivity index (χ3v) is 3.50. The van der Waals surface area contributed by atoms with Crippen LogP contribution in [0.1, 0.15) is 13.8 Å². The summed E-state index contributed by atoms with van der Waals surface area (Å²) in [4.78, 5) is 24.5. The third-order valence-electron chi connectivity index (χ3n) is 2.87. The SMILES string of the molecule is CC1=C(C)C(=O)N(c2cc(O)c(Br)cc2F)C1=O. The second-order valence-electron chi connectivity index (χ2n) is 3.95. The van der Waals surface area contributed by atoms with E-state index in [-0.39, 0.29) is 27.1 Å². The Labute approximate surface area is 111 Å². The highest BCUT2D eigenvalue weighted by molar-refractivity contribution is 9.10. The summed E-state index contributed by atoms with van der Waals surface area (Å²) in [5.41, 5.74) is 0.311. The largest absolute Gasteiger partial charge is 0.507 e. The highest BCUT2D eigenvalue weighted by atomic mass is 79.9. The van der Waals surface area contributed by atoms with Crippen LogP contribution in [0, 0.1) is 5.82 Å². The molecule has 0 saturated heterocycles. The van der Waals surface area contributed by atoms with Gasteiger partial charge in [-0.2, -0.15) is 0 Å². The van der Waals surface area contributed by atoms with Crippen LogP contribution in [0.25, 0.3) is 0 Å². The summed E-state index contributed by atoms with van der Waals surface area (Å²) >= 11 is 2.95. The first-order chi connectivity index (χ1) is 8.34. The number of anilines is 1. The van der Waals surface area contributed by atoms with Gasteiger partial charge in [-0.3, -0.25) is 9.59 Å². The fourth-order valence-electron chi connectivity index (χ4n) is 1.67. The molecule has 2 rings (SSSR count). The zero-order valence-corrected chi connectivity index (χ0v) is 11.2. The molecule has 18 heavy (non-hydrogen) atoms. The van der Waals surface area contributed by atoms with Crippen molar-refractivity contribution < 1.29 is 19.1 Å². The van der Waals surface area contributed by atoms with Crippen LogP contribution in [0.5, 0.6) is 5.75 Å². The highest BCUT2D eigenvalue weighted by Crippen LogP contribution is 2.35. The zero-order chi connectivity index (χ0) is 13.6. The molecule has 1 aromatic rings. The van der Waals surface area contributed by atoms with Crippen molar-refractivity contribution in [1.29, 1.82) is 0 Å². The average Bonchev–Trinajstić information content (AvgIpc) is 2.50. The minimum absolute atomic E-state index is 0.157. The molecule has 6 heteroatoms. The summed E-state index contributed by atoms with van der Waals surface area (Å²) in [5, 5.41) is 9.51. The van der Waals surface area contributed by atoms with Gasteiger partial charge in [0.2, 0.25) is 0 Å². The van der Waals surface area contributed by atoms with Gasteiger partial charge in [-0.1, -0.05) is 0 Å². The van der Waals surface area contributed by atoms with Crippen molar-refractivity contribution in [1.82, 2.24) is 0 Å². The van der Waals surface area contributed by atoms with E-state index in [0.717, 1.165) is 17.0 Å². The fourth-order valence-corrected chi connectivity index (χ4v) is 1.98. The van der Waals surface area contributed by atoms with Crippen LogP contribution in [0.4, 0.5) is 10.1 Å². The maximum absolute atomic E-state index is 13.8. The molecule has 0 aliphatic carbocycles. The van der Waals surface area contributed by atoms with E-state index in [1.165, 1.54) is 13.8 Å². The number of amides is 2. The number of phenolic OH excluding ortho intramolecular Hbond substituents is 1. The molecule has 0 bridgehead atoms. The molecule has 0 saturated carbocycles. The molecular formula is C12H9BrFNO3. The van der Waals surface area contributed by atoms with Crippen LogP contribution in [-0.4, -0.2) is 16.9 Å². The molecule has 1 aliphatic rings. The maximum Gasteiger partial charge on any atom is 0.261 e. The van der Waals surface area contributed by atoms with E-state index in [9.17, 15) is 19.1 Å². The lowest BCUT2D eigenvalue weighted by molar-refractivity contribution is -0.120. The number of rotatable bonds is 1. The van der Waals surface area contributed by atoms with Gasteiger partial charge in [0.15, 0.2) is 0 Å². The Bertz CT molecular complexity index is 586. The van der Waals surface area contributed by atoms with Gasteiger partial charge < -0.3 is 5.11 Å². The second-order valence-corrected chi connectivity index (χ2v) is 4.81. The summed E-state index contributed by atoms with van der Waals surface area (Å²) in [7, 11) is 0. The van der Waals surface area contributed by atoms with Gasteiger partial charge in [0.1, 0.15) is 11.6 Å². The van der Waals surface area contributed by atoms with Crippen LogP contribution in [0.2, 0.25) is 0 Å². The van der Waals surface area contributed by atoms with Crippen LogP contribution < -0.4 is 4.90 Å². The van der Waals surface area contributed by atoms with Crippen LogP contribution >= 0.6 is 15.9 Å². The van der Waals surface area contributed by atoms with E-state index >= 15 is 0 Å². The molecule has 1 heterocycles.